The van der Waals surface area contributed by atoms with E-state index in [0.717, 1.165) is 18.7 Å². The molecule has 2 unspecified atom stereocenters. The van der Waals surface area contributed by atoms with E-state index in [1.54, 1.807) is 12.1 Å². The van der Waals surface area contributed by atoms with Crippen molar-refractivity contribution in [2.24, 2.45) is 5.92 Å². The highest BCUT2D eigenvalue weighted by molar-refractivity contribution is 5.25. The minimum atomic E-state index is -1.65. The van der Waals surface area contributed by atoms with Crippen LogP contribution in [0.25, 0.3) is 0 Å². The molecule has 4 heteroatoms. The van der Waals surface area contributed by atoms with Gasteiger partial charge in [-0.1, -0.05) is 26.0 Å². The Hall–Kier alpha value is -1.00. The molecule has 2 nitrogen and oxygen atoms in total. The second-order valence-electron chi connectivity index (χ2n) is 6.21. The molecule has 2 rings (SSSR count). The van der Waals surface area contributed by atoms with Crippen molar-refractivity contribution in [1.82, 2.24) is 4.90 Å². The van der Waals surface area contributed by atoms with E-state index in [1.807, 2.05) is 0 Å². The Bertz CT molecular complexity index is 435. The van der Waals surface area contributed by atoms with Gasteiger partial charge < -0.3 is 5.11 Å². The fraction of sp³-hybridized carbons (Fsp3) is 0.625. The molecule has 1 heterocycles. The topological polar surface area (TPSA) is 23.5 Å². The van der Waals surface area contributed by atoms with Crippen LogP contribution >= 0.6 is 0 Å². The van der Waals surface area contributed by atoms with Crippen molar-refractivity contribution < 1.29 is 13.9 Å². The maximum Gasteiger partial charge on any atom is 0.153 e. The molecule has 1 aliphatic rings. The van der Waals surface area contributed by atoms with Crippen LogP contribution in [0.2, 0.25) is 0 Å². The number of benzene rings is 1. The van der Waals surface area contributed by atoms with Crippen LogP contribution < -0.4 is 0 Å². The quantitative estimate of drug-likeness (QED) is 0.918. The van der Waals surface area contributed by atoms with E-state index in [1.165, 1.54) is 12.1 Å². The van der Waals surface area contributed by atoms with Crippen LogP contribution in [0.15, 0.2) is 24.3 Å². The summed E-state index contributed by atoms with van der Waals surface area (Å²) in [7, 11) is 0. The van der Waals surface area contributed by atoms with Crippen LogP contribution in [0.1, 0.15) is 31.7 Å². The lowest BCUT2D eigenvalue weighted by Crippen LogP contribution is -2.52. The number of alkyl halides is 1. The van der Waals surface area contributed by atoms with Crippen molar-refractivity contribution in [3.05, 3.63) is 35.6 Å². The van der Waals surface area contributed by atoms with Gasteiger partial charge in [0.2, 0.25) is 0 Å². The van der Waals surface area contributed by atoms with Crippen LogP contribution in [0, 0.1) is 11.7 Å². The number of hydrogen-bond acceptors (Lipinski definition) is 2. The first-order valence-corrected chi connectivity index (χ1v) is 7.22. The summed E-state index contributed by atoms with van der Waals surface area (Å²) in [6, 6.07) is 5.96. The summed E-state index contributed by atoms with van der Waals surface area (Å²) in [5.41, 5.74) is -0.877. The van der Waals surface area contributed by atoms with Crippen LogP contribution in [0.4, 0.5) is 8.78 Å². The third-order valence-electron chi connectivity index (χ3n) is 4.00. The molecular weight excluding hydrogens is 260 g/mol. The Morgan fingerprint density at radius 3 is 2.55 bits per heavy atom. The predicted octanol–water partition coefficient (Wildman–Crippen LogP) is 2.97. The molecule has 1 aromatic rings. The van der Waals surface area contributed by atoms with Crippen LogP contribution in [-0.4, -0.2) is 41.9 Å². The summed E-state index contributed by atoms with van der Waals surface area (Å²) < 4.78 is 28.0. The molecular formula is C16H23F2NO. The molecule has 0 saturated carbocycles. The molecule has 1 N–H and O–H groups in total. The smallest absolute Gasteiger partial charge is 0.153 e. The zero-order valence-corrected chi connectivity index (χ0v) is 12.1. The maximum atomic E-state index is 15.1. The zero-order valence-electron chi connectivity index (χ0n) is 12.1. The number of likely N-dealkylation sites (tertiary alicyclic amines) is 1. The van der Waals surface area contributed by atoms with Gasteiger partial charge in [-0.2, -0.15) is 0 Å². The summed E-state index contributed by atoms with van der Waals surface area (Å²) in [4.78, 5) is 2.07. The molecule has 0 radical (unpaired) electrons. The molecule has 1 aliphatic heterocycles. The molecule has 0 amide bonds. The minimum absolute atomic E-state index is 0.240. The monoisotopic (exact) mass is 283 g/mol. The van der Waals surface area contributed by atoms with Crippen molar-refractivity contribution in [2.45, 2.75) is 31.9 Å². The van der Waals surface area contributed by atoms with Gasteiger partial charge in [0.25, 0.3) is 0 Å². The Balaban J connectivity index is 2.16. The first kappa shape index (κ1) is 15.4. The number of nitrogens with zero attached hydrogens (tertiary/aromatic N) is 1. The highest BCUT2D eigenvalue weighted by Gasteiger charge is 2.44. The molecule has 0 aromatic heterocycles. The van der Waals surface area contributed by atoms with Gasteiger partial charge >= 0.3 is 0 Å². The Morgan fingerprint density at radius 1 is 1.35 bits per heavy atom. The van der Waals surface area contributed by atoms with Crippen LogP contribution in [-0.2, 0) is 0 Å². The van der Waals surface area contributed by atoms with E-state index in [9.17, 15) is 9.50 Å². The first-order valence-electron chi connectivity index (χ1n) is 7.22. The van der Waals surface area contributed by atoms with Gasteiger partial charge in [-0.05, 0) is 36.6 Å². The van der Waals surface area contributed by atoms with Gasteiger partial charge in [-0.3, -0.25) is 4.90 Å². The van der Waals surface area contributed by atoms with Crippen molar-refractivity contribution in [1.29, 1.82) is 0 Å². The molecule has 0 bridgehead atoms. The van der Waals surface area contributed by atoms with Gasteiger partial charge in [0.1, 0.15) is 5.82 Å². The van der Waals surface area contributed by atoms with E-state index in [2.05, 4.69) is 18.7 Å². The van der Waals surface area contributed by atoms with E-state index < -0.39 is 12.3 Å². The zero-order chi connectivity index (χ0) is 14.8. The highest BCUT2D eigenvalue weighted by Crippen LogP contribution is 2.39. The van der Waals surface area contributed by atoms with Crippen molar-refractivity contribution in [3.8, 4) is 0 Å². The lowest BCUT2D eigenvalue weighted by molar-refractivity contribution is -0.0224. The molecule has 20 heavy (non-hydrogen) atoms. The summed E-state index contributed by atoms with van der Waals surface area (Å²) in [5.74, 6) is -0.212. The summed E-state index contributed by atoms with van der Waals surface area (Å²) in [6.07, 6.45) is 0.648. The Labute approximate surface area is 119 Å². The predicted molar refractivity (Wildman–Crippen MR) is 76.0 cm³/mol. The number of piperidine rings is 1. The second-order valence-corrected chi connectivity index (χ2v) is 6.21. The summed E-state index contributed by atoms with van der Waals surface area (Å²) in [5, 5.41) is 9.51. The molecule has 112 valence electrons. The summed E-state index contributed by atoms with van der Waals surface area (Å²) >= 11 is 0. The van der Waals surface area contributed by atoms with E-state index >= 15 is 4.39 Å². The third kappa shape index (κ3) is 3.36. The van der Waals surface area contributed by atoms with Gasteiger partial charge in [0.05, 0.1) is 6.61 Å². The standard InChI is InChI=1S/C16H23F2NO/c1-12(2)9-19-8-7-15(16(18,10-19)11-20)13-3-5-14(17)6-4-13/h3-6,12,15,20H,7-11H2,1-2H3. The van der Waals surface area contributed by atoms with Crippen molar-refractivity contribution in [3.63, 3.8) is 0 Å². The number of hydrogen-bond donors (Lipinski definition) is 1. The number of halogens is 2. The van der Waals surface area contributed by atoms with Crippen LogP contribution in [0.3, 0.4) is 0 Å². The molecule has 1 saturated heterocycles. The van der Waals surface area contributed by atoms with Gasteiger partial charge in [-0.15, -0.1) is 0 Å². The normalized spacial score (nSPS) is 28.0. The number of rotatable bonds is 4. The summed E-state index contributed by atoms with van der Waals surface area (Å²) in [6.45, 7) is 5.59. The fourth-order valence-corrected chi connectivity index (χ4v) is 3.12. The average molecular weight is 283 g/mol. The average Bonchev–Trinajstić information content (AvgIpc) is 2.40. The largest absolute Gasteiger partial charge is 0.393 e. The Kier molecular flexibility index (Phi) is 4.76. The molecule has 0 spiro atoms. The molecule has 2 atom stereocenters. The van der Waals surface area contributed by atoms with Crippen molar-refractivity contribution >= 4 is 0 Å². The third-order valence-corrected chi connectivity index (χ3v) is 4.00. The van der Waals surface area contributed by atoms with Crippen LogP contribution in [0.5, 0.6) is 0 Å². The van der Waals surface area contributed by atoms with E-state index in [-0.39, 0.29) is 18.3 Å². The fourth-order valence-electron chi connectivity index (χ4n) is 3.12. The van der Waals surface area contributed by atoms with E-state index in [4.69, 9.17) is 0 Å². The first-order chi connectivity index (χ1) is 9.44. The van der Waals surface area contributed by atoms with Gasteiger partial charge in [0.15, 0.2) is 5.67 Å². The SMILES string of the molecule is CC(C)CN1CCC(c2ccc(F)cc2)C(F)(CO)C1. The highest BCUT2D eigenvalue weighted by atomic mass is 19.1. The number of aliphatic hydroxyl groups excluding tert-OH is 1. The maximum absolute atomic E-state index is 15.1. The Morgan fingerprint density at radius 2 is 2.00 bits per heavy atom. The molecule has 1 aromatic carbocycles. The molecule has 0 aliphatic carbocycles. The lowest BCUT2D eigenvalue weighted by Gasteiger charge is -2.43. The van der Waals surface area contributed by atoms with Gasteiger partial charge in [-0.25, -0.2) is 8.78 Å². The second kappa shape index (κ2) is 6.19. The lowest BCUT2D eigenvalue weighted by atomic mass is 9.78. The van der Waals surface area contributed by atoms with Gasteiger partial charge in [0, 0.05) is 19.0 Å². The molecule has 1 fully saturated rings. The van der Waals surface area contributed by atoms with Crippen molar-refractivity contribution in [2.75, 3.05) is 26.2 Å². The number of aliphatic hydroxyl groups is 1. The van der Waals surface area contributed by atoms with E-state index in [0.29, 0.717) is 12.3 Å². The minimum Gasteiger partial charge on any atom is -0.393 e.